The van der Waals surface area contributed by atoms with Gasteiger partial charge in [-0.25, -0.2) is 9.97 Å². The van der Waals surface area contributed by atoms with Crippen LogP contribution in [0.5, 0.6) is 0 Å². The van der Waals surface area contributed by atoms with E-state index in [1.54, 1.807) is 11.3 Å². The Balaban J connectivity index is 1.58. The molecule has 1 atom stereocenters. The van der Waals surface area contributed by atoms with Gasteiger partial charge in [0.15, 0.2) is 0 Å². The Kier molecular flexibility index (Phi) is 6.50. The number of aromatic nitrogens is 2. The number of ether oxygens (including phenoxy) is 1. The monoisotopic (exact) mass is 439 g/mol. The molecule has 3 aromatic rings. The molecule has 1 saturated heterocycles. The second kappa shape index (κ2) is 9.30. The van der Waals surface area contributed by atoms with Crippen molar-refractivity contribution in [3.63, 3.8) is 0 Å². The molecule has 0 bridgehead atoms. The minimum Gasteiger partial charge on any atom is -0.371 e. The summed E-state index contributed by atoms with van der Waals surface area (Å²) in [5.74, 6) is 0.675. The first-order valence-corrected chi connectivity index (χ1v) is 11.4. The summed E-state index contributed by atoms with van der Waals surface area (Å²) in [6.07, 6.45) is 3.61. The van der Waals surface area contributed by atoms with Gasteiger partial charge >= 0.3 is 0 Å². The van der Waals surface area contributed by atoms with Crippen molar-refractivity contribution in [2.45, 2.75) is 32.5 Å². The summed E-state index contributed by atoms with van der Waals surface area (Å²) >= 11 is 1.54. The molecule has 1 aromatic carbocycles. The number of thiophene rings is 1. The molecule has 1 aliphatic rings. The second-order valence-electron chi connectivity index (χ2n) is 8.35. The molecule has 1 amide bonds. The number of anilines is 1. The number of carbonyl (C=O) groups excluding carboxylic acids is 1. The lowest BCUT2D eigenvalue weighted by Gasteiger charge is -2.33. The number of carbonyl (C=O) groups is 1. The van der Waals surface area contributed by atoms with E-state index in [9.17, 15) is 4.79 Å². The third-order valence-corrected chi connectivity index (χ3v) is 6.42. The SMILES string of the molecule is CC(C)NC(=O)c1sc2ccccc2c1C1CN(Cc2cnc(N(C)C)nc2)CCO1. The van der Waals surface area contributed by atoms with Gasteiger partial charge in [-0.15, -0.1) is 11.3 Å². The Morgan fingerprint density at radius 1 is 1.29 bits per heavy atom. The maximum atomic E-state index is 13.0. The minimum atomic E-state index is -0.153. The fourth-order valence-corrected chi connectivity index (χ4v) is 4.98. The van der Waals surface area contributed by atoms with Crippen molar-refractivity contribution in [3.8, 4) is 0 Å². The van der Waals surface area contributed by atoms with E-state index in [0.29, 0.717) is 12.6 Å². The lowest BCUT2D eigenvalue weighted by atomic mass is 10.0. The van der Waals surface area contributed by atoms with Crippen LogP contribution in [-0.4, -0.2) is 60.6 Å². The Bertz CT molecular complexity index is 1050. The molecule has 164 valence electrons. The Morgan fingerprint density at radius 2 is 2.03 bits per heavy atom. The first kappa shape index (κ1) is 21.7. The molecular weight excluding hydrogens is 410 g/mol. The Hall–Kier alpha value is -2.55. The third kappa shape index (κ3) is 4.87. The fraction of sp³-hybridized carbons (Fsp3) is 0.435. The molecule has 4 rings (SSSR count). The molecule has 2 aromatic heterocycles. The molecule has 0 saturated carbocycles. The summed E-state index contributed by atoms with van der Waals surface area (Å²) in [5, 5.41) is 4.15. The van der Waals surface area contributed by atoms with Crippen molar-refractivity contribution >= 4 is 33.3 Å². The van der Waals surface area contributed by atoms with Gasteiger partial charge in [0.2, 0.25) is 5.95 Å². The minimum absolute atomic E-state index is 0.0282. The molecule has 1 N–H and O–H groups in total. The number of hydrogen-bond donors (Lipinski definition) is 1. The molecule has 0 radical (unpaired) electrons. The van der Waals surface area contributed by atoms with Gasteiger partial charge in [0.25, 0.3) is 5.91 Å². The van der Waals surface area contributed by atoms with Gasteiger partial charge in [-0.1, -0.05) is 18.2 Å². The van der Waals surface area contributed by atoms with Crippen molar-refractivity contribution in [3.05, 3.63) is 52.7 Å². The Labute approximate surface area is 187 Å². The van der Waals surface area contributed by atoms with Gasteiger partial charge in [-0.05, 0) is 25.3 Å². The fourth-order valence-electron chi connectivity index (χ4n) is 3.82. The molecule has 8 heteroatoms. The first-order chi connectivity index (χ1) is 14.9. The van der Waals surface area contributed by atoms with Gasteiger partial charge in [0.1, 0.15) is 0 Å². The van der Waals surface area contributed by atoms with Gasteiger partial charge in [-0.3, -0.25) is 9.69 Å². The Morgan fingerprint density at radius 3 is 2.74 bits per heavy atom. The number of rotatable bonds is 6. The highest BCUT2D eigenvalue weighted by atomic mass is 32.1. The summed E-state index contributed by atoms with van der Waals surface area (Å²) in [6, 6.07) is 8.27. The number of nitrogens with one attached hydrogen (secondary N) is 1. The van der Waals surface area contributed by atoms with Crippen LogP contribution in [0.2, 0.25) is 0 Å². The summed E-state index contributed by atoms with van der Waals surface area (Å²) in [4.78, 5) is 26.8. The summed E-state index contributed by atoms with van der Waals surface area (Å²) in [5.41, 5.74) is 2.07. The molecule has 31 heavy (non-hydrogen) atoms. The topological polar surface area (TPSA) is 70.6 Å². The molecule has 1 fully saturated rings. The zero-order valence-electron chi connectivity index (χ0n) is 18.5. The summed E-state index contributed by atoms with van der Waals surface area (Å²) < 4.78 is 7.30. The molecule has 0 aliphatic carbocycles. The maximum Gasteiger partial charge on any atom is 0.261 e. The second-order valence-corrected chi connectivity index (χ2v) is 9.40. The number of nitrogens with zero attached hydrogens (tertiary/aromatic N) is 4. The van der Waals surface area contributed by atoms with Crippen LogP contribution in [0.15, 0.2) is 36.7 Å². The highest BCUT2D eigenvalue weighted by Gasteiger charge is 2.30. The molecule has 1 unspecified atom stereocenters. The van der Waals surface area contributed by atoms with Gasteiger partial charge < -0.3 is 15.0 Å². The van der Waals surface area contributed by atoms with Gasteiger partial charge in [-0.2, -0.15) is 0 Å². The van der Waals surface area contributed by atoms with Crippen LogP contribution in [0, 0.1) is 0 Å². The van der Waals surface area contributed by atoms with Crippen LogP contribution < -0.4 is 10.2 Å². The molecule has 3 heterocycles. The predicted octanol–water partition coefficient (Wildman–Crippen LogP) is 3.47. The zero-order chi connectivity index (χ0) is 22.0. The van der Waals surface area contributed by atoms with E-state index in [4.69, 9.17) is 4.74 Å². The highest BCUT2D eigenvalue weighted by molar-refractivity contribution is 7.21. The average Bonchev–Trinajstić information content (AvgIpc) is 3.14. The number of morpholine rings is 1. The van der Waals surface area contributed by atoms with Crippen LogP contribution >= 0.6 is 11.3 Å². The number of fused-ring (bicyclic) bond motifs is 1. The van der Waals surface area contributed by atoms with Gasteiger partial charge in [0.05, 0.1) is 17.6 Å². The average molecular weight is 440 g/mol. The molecule has 7 nitrogen and oxygen atoms in total. The van der Waals surface area contributed by atoms with E-state index in [2.05, 4.69) is 32.3 Å². The van der Waals surface area contributed by atoms with Crippen molar-refractivity contribution < 1.29 is 9.53 Å². The number of benzene rings is 1. The maximum absolute atomic E-state index is 13.0. The van der Waals surface area contributed by atoms with E-state index in [-0.39, 0.29) is 18.1 Å². The van der Waals surface area contributed by atoms with Crippen LogP contribution in [0.25, 0.3) is 10.1 Å². The first-order valence-electron chi connectivity index (χ1n) is 10.6. The lowest BCUT2D eigenvalue weighted by molar-refractivity contribution is -0.0323. The largest absolute Gasteiger partial charge is 0.371 e. The number of hydrogen-bond acceptors (Lipinski definition) is 7. The smallest absolute Gasteiger partial charge is 0.261 e. The highest BCUT2D eigenvalue weighted by Crippen LogP contribution is 2.38. The van der Waals surface area contributed by atoms with Crippen LogP contribution in [0.1, 0.15) is 40.8 Å². The van der Waals surface area contributed by atoms with Crippen molar-refractivity contribution in [2.24, 2.45) is 0 Å². The zero-order valence-corrected chi connectivity index (χ0v) is 19.3. The summed E-state index contributed by atoms with van der Waals surface area (Å²) in [6.45, 7) is 6.89. The van der Waals surface area contributed by atoms with Crippen LogP contribution in [0.3, 0.4) is 0 Å². The standard InChI is InChI=1S/C23H29N5O2S/c1-15(2)26-22(29)21-20(17-7-5-6-8-19(17)31-21)18-14-28(9-10-30-18)13-16-11-24-23(25-12-16)27(3)4/h5-8,11-12,15,18H,9-10,13-14H2,1-4H3,(H,26,29). The lowest BCUT2D eigenvalue weighted by Crippen LogP contribution is -2.38. The van der Waals surface area contributed by atoms with Crippen molar-refractivity contribution in [1.82, 2.24) is 20.2 Å². The van der Waals surface area contributed by atoms with E-state index >= 15 is 0 Å². The van der Waals surface area contributed by atoms with E-state index < -0.39 is 0 Å². The van der Waals surface area contributed by atoms with Crippen LogP contribution in [-0.2, 0) is 11.3 Å². The van der Waals surface area contributed by atoms with E-state index in [1.807, 2.05) is 57.4 Å². The third-order valence-electron chi connectivity index (χ3n) is 5.23. The van der Waals surface area contributed by atoms with Crippen molar-refractivity contribution in [1.29, 1.82) is 0 Å². The van der Waals surface area contributed by atoms with Crippen molar-refractivity contribution in [2.75, 3.05) is 38.7 Å². The molecular formula is C23H29N5O2S. The summed E-state index contributed by atoms with van der Waals surface area (Å²) in [7, 11) is 3.86. The molecule has 0 spiro atoms. The quantitative estimate of drug-likeness (QED) is 0.634. The molecule has 1 aliphatic heterocycles. The van der Waals surface area contributed by atoms with E-state index in [1.165, 1.54) is 0 Å². The van der Waals surface area contributed by atoms with Crippen LogP contribution in [0.4, 0.5) is 5.95 Å². The normalized spacial score (nSPS) is 17.3. The van der Waals surface area contributed by atoms with Gasteiger partial charge in [0, 0.05) is 68.0 Å². The number of amides is 1. The predicted molar refractivity (Wildman–Crippen MR) is 125 cm³/mol. The van der Waals surface area contributed by atoms with E-state index in [0.717, 1.165) is 45.7 Å².